The zero-order valence-electron chi connectivity index (χ0n) is 11.0. The molecule has 0 aliphatic heterocycles. The Morgan fingerprint density at radius 1 is 1.53 bits per heavy atom. The summed E-state index contributed by atoms with van der Waals surface area (Å²) >= 11 is 0. The van der Waals surface area contributed by atoms with Gasteiger partial charge in [-0.05, 0) is 17.8 Å². The molecule has 0 aliphatic carbocycles. The lowest BCUT2D eigenvalue weighted by Gasteiger charge is -2.18. The molecule has 0 saturated heterocycles. The number of carbonyl (C=O) groups is 2. The fourth-order valence-electron chi connectivity index (χ4n) is 1.64. The van der Waals surface area contributed by atoms with Crippen LogP contribution in [-0.4, -0.2) is 32.4 Å². The van der Waals surface area contributed by atoms with Crippen molar-refractivity contribution in [3.8, 4) is 0 Å². The summed E-state index contributed by atoms with van der Waals surface area (Å²) in [5, 5.41) is 16.6. The summed E-state index contributed by atoms with van der Waals surface area (Å²) in [5.41, 5.74) is 0. The largest absolute Gasteiger partial charge is 0.389 e. The van der Waals surface area contributed by atoms with Crippen molar-refractivity contribution in [2.45, 2.75) is 33.4 Å². The molecular formula is C11H16N4O4. The molecule has 0 fully saturated rings. The number of hydrogen-bond donors (Lipinski definition) is 1. The molecule has 104 valence electrons. The van der Waals surface area contributed by atoms with Crippen LogP contribution in [0, 0.1) is 16.0 Å². The number of carbonyl (C=O) groups excluding carboxylic acids is 2. The fourth-order valence-corrected chi connectivity index (χ4v) is 1.64. The van der Waals surface area contributed by atoms with E-state index in [9.17, 15) is 19.7 Å². The van der Waals surface area contributed by atoms with Crippen molar-refractivity contribution in [3.05, 3.63) is 22.4 Å². The van der Waals surface area contributed by atoms with E-state index in [0.29, 0.717) is 0 Å². The third kappa shape index (κ3) is 4.16. The van der Waals surface area contributed by atoms with Gasteiger partial charge in [0.1, 0.15) is 6.54 Å². The molecule has 8 heteroatoms. The van der Waals surface area contributed by atoms with Gasteiger partial charge in [-0.1, -0.05) is 13.8 Å². The van der Waals surface area contributed by atoms with Gasteiger partial charge < -0.3 is 15.4 Å². The molecule has 8 nitrogen and oxygen atoms in total. The second-order valence-corrected chi connectivity index (χ2v) is 4.53. The number of rotatable bonds is 6. The molecule has 1 atom stereocenters. The molecule has 0 radical (unpaired) electrons. The van der Waals surface area contributed by atoms with Gasteiger partial charge in [0.25, 0.3) is 0 Å². The molecule has 0 spiro atoms. The molecule has 1 aromatic heterocycles. The van der Waals surface area contributed by atoms with Gasteiger partial charge in [-0.2, -0.15) is 4.68 Å². The number of amides is 1. The van der Waals surface area contributed by atoms with Gasteiger partial charge in [0.05, 0.1) is 23.4 Å². The Kier molecular flexibility index (Phi) is 4.74. The van der Waals surface area contributed by atoms with Crippen LogP contribution >= 0.6 is 0 Å². The summed E-state index contributed by atoms with van der Waals surface area (Å²) in [7, 11) is 0. The summed E-state index contributed by atoms with van der Waals surface area (Å²) < 4.78 is 1.16. The second kappa shape index (κ2) is 6.07. The summed E-state index contributed by atoms with van der Waals surface area (Å²) in [6, 6.07) is 0.649. The minimum absolute atomic E-state index is 0.0200. The van der Waals surface area contributed by atoms with E-state index in [1.165, 1.54) is 19.2 Å². The number of nitro groups is 1. The monoisotopic (exact) mass is 268 g/mol. The van der Waals surface area contributed by atoms with E-state index >= 15 is 0 Å². The van der Waals surface area contributed by atoms with E-state index in [2.05, 4.69) is 10.4 Å². The molecule has 1 N–H and O–H groups in total. The Bertz CT molecular complexity index is 495. The van der Waals surface area contributed by atoms with E-state index in [0.717, 1.165) is 4.68 Å². The number of hydrogen-bond acceptors (Lipinski definition) is 5. The average Bonchev–Trinajstić information content (AvgIpc) is 2.73. The number of ketones is 1. The Labute approximate surface area is 109 Å². The van der Waals surface area contributed by atoms with Gasteiger partial charge in [-0.25, -0.2) is 0 Å². The minimum atomic E-state index is -0.638. The first-order valence-electron chi connectivity index (χ1n) is 5.79. The molecule has 1 amide bonds. The van der Waals surface area contributed by atoms with Crippen LogP contribution in [0.25, 0.3) is 0 Å². The Morgan fingerprint density at radius 2 is 2.16 bits per heavy atom. The van der Waals surface area contributed by atoms with Crippen LogP contribution in [-0.2, 0) is 16.1 Å². The molecular weight excluding hydrogens is 252 g/mol. The van der Waals surface area contributed by atoms with Gasteiger partial charge in [0.2, 0.25) is 5.91 Å². The first-order valence-corrected chi connectivity index (χ1v) is 5.79. The van der Waals surface area contributed by atoms with Crippen molar-refractivity contribution in [1.29, 1.82) is 0 Å². The molecule has 1 aromatic rings. The summed E-state index contributed by atoms with van der Waals surface area (Å²) in [4.78, 5) is 32.9. The normalized spacial score (nSPS) is 12.2. The van der Waals surface area contributed by atoms with Crippen LogP contribution in [0.2, 0.25) is 0 Å². The molecule has 0 saturated carbocycles. The van der Waals surface area contributed by atoms with Gasteiger partial charge in [-0.3, -0.25) is 9.59 Å². The predicted octanol–water partition coefficient (Wildman–Crippen LogP) is 0.521. The fraction of sp³-hybridized carbons (Fsp3) is 0.545. The van der Waals surface area contributed by atoms with Crippen molar-refractivity contribution < 1.29 is 14.5 Å². The Hall–Kier alpha value is -2.25. The zero-order valence-corrected chi connectivity index (χ0v) is 11.0. The van der Waals surface area contributed by atoms with Gasteiger partial charge in [-0.15, -0.1) is 0 Å². The van der Waals surface area contributed by atoms with E-state index in [4.69, 9.17) is 0 Å². The van der Waals surface area contributed by atoms with Crippen LogP contribution in [0.3, 0.4) is 0 Å². The van der Waals surface area contributed by atoms with Gasteiger partial charge >= 0.3 is 5.82 Å². The van der Waals surface area contributed by atoms with Crippen LogP contribution in [0.1, 0.15) is 20.8 Å². The number of Topliss-reactive ketones (excluding diaryl/α,β-unsaturated/α-hetero) is 1. The Balaban J connectivity index is 2.63. The number of nitrogens with one attached hydrogen (secondary N) is 1. The lowest BCUT2D eigenvalue weighted by Crippen LogP contribution is -2.44. The first-order chi connectivity index (χ1) is 8.81. The van der Waals surface area contributed by atoms with E-state index in [-0.39, 0.29) is 24.1 Å². The minimum Gasteiger partial charge on any atom is -0.358 e. The van der Waals surface area contributed by atoms with E-state index in [1.807, 2.05) is 13.8 Å². The highest BCUT2D eigenvalue weighted by atomic mass is 16.6. The second-order valence-electron chi connectivity index (χ2n) is 4.53. The maximum Gasteiger partial charge on any atom is 0.389 e. The molecule has 1 heterocycles. The predicted molar refractivity (Wildman–Crippen MR) is 66.3 cm³/mol. The number of aromatic nitrogens is 2. The van der Waals surface area contributed by atoms with E-state index < -0.39 is 16.9 Å². The maximum absolute atomic E-state index is 11.7. The highest BCUT2D eigenvalue weighted by Crippen LogP contribution is 2.06. The topological polar surface area (TPSA) is 107 Å². The van der Waals surface area contributed by atoms with Crippen molar-refractivity contribution in [1.82, 2.24) is 15.1 Å². The van der Waals surface area contributed by atoms with Gasteiger partial charge in [0.15, 0.2) is 5.78 Å². The molecule has 0 aromatic carbocycles. The van der Waals surface area contributed by atoms with Crippen LogP contribution in [0.4, 0.5) is 5.82 Å². The highest BCUT2D eigenvalue weighted by molar-refractivity contribution is 5.87. The third-order valence-corrected chi connectivity index (χ3v) is 2.54. The van der Waals surface area contributed by atoms with Crippen molar-refractivity contribution >= 4 is 17.5 Å². The molecule has 1 unspecified atom stereocenters. The standard InChI is InChI=1S/C11H16N4O4/c1-7(2)11(8(3)16)12-10(17)6-14-5-4-9(13-14)15(18)19/h4-5,7,11H,6H2,1-3H3,(H,12,17). The lowest BCUT2D eigenvalue weighted by atomic mass is 10.0. The SMILES string of the molecule is CC(=O)C(NC(=O)Cn1ccc([N+](=O)[O-])n1)C(C)C. The Morgan fingerprint density at radius 3 is 2.58 bits per heavy atom. The van der Waals surface area contributed by atoms with Crippen molar-refractivity contribution in [3.63, 3.8) is 0 Å². The van der Waals surface area contributed by atoms with Crippen molar-refractivity contribution in [2.75, 3.05) is 0 Å². The molecule has 0 bridgehead atoms. The highest BCUT2D eigenvalue weighted by Gasteiger charge is 2.21. The lowest BCUT2D eigenvalue weighted by molar-refractivity contribution is -0.389. The third-order valence-electron chi connectivity index (χ3n) is 2.54. The van der Waals surface area contributed by atoms with E-state index in [1.54, 1.807) is 0 Å². The van der Waals surface area contributed by atoms with Crippen LogP contribution in [0.5, 0.6) is 0 Å². The summed E-state index contributed by atoms with van der Waals surface area (Å²) in [6.07, 6.45) is 1.34. The first kappa shape index (κ1) is 14.8. The maximum atomic E-state index is 11.7. The molecule has 0 aliphatic rings. The summed E-state index contributed by atoms with van der Waals surface area (Å²) in [6.45, 7) is 4.89. The van der Waals surface area contributed by atoms with Crippen LogP contribution in [0.15, 0.2) is 12.3 Å². The van der Waals surface area contributed by atoms with Crippen molar-refractivity contribution in [2.24, 2.45) is 5.92 Å². The summed E-state index contributed by atoms with van der Waals surface area (Å²) in [5.74, 6) is -0.880. The number of nitrogens with zero attached hydrogens (tertiary/aromatic N) is 3. The molecule has 19 heavy (non-hydrogen) atoms. The van der Waals surface area contributed by atoms with Gasteiger partial charge in [0, 0.05) is 0 Å². The van der Waals surface area contributed by atoms with Crippen LogP contribution < -0.4 is 5.32 Å². The zero-order chi connectivity index (χ0) is 14.6. The average molecular weight is 268 g/mol. The smallest absolute Gasteiger partial charge is 0.358 e. The quantitative estimate of drug-likeness (QED) is 0.597. The molecule has 1 rings (SSSR count).